The Balaban J connectivity index is 1.85. The fourth-order valence-electron chi connectivity index (χ4n) is 2.01. The second-order valence-corrected chi connectivity index (χ2v) is 6.29. The predicted molar refractivity (Wildman–Crippen MR) is 78.0 cm³/mol. The smallest absolute Gasteiger partial charge is 0.240 e. The molecule has 2 heterocycles. The standard InChI is InChI=1S/C13H15ClN2O4S/c1-20-8(9-2-3-10(14)21-9)6-15-11(17)7-16-12(18)4-5-13(16)19/h2-3,8H,4-7H2,1H3,(H,15,17). The Bertz CT molecular complexity index is 544. The third kappa shape index (κ3) is 4.03. The van der Waals surface area contributed by atoms with Gasteiger partial charge in [0, 0.05) is 31.4 Å². The van der Waals surface area contributed by atoms with Crippen LogP contribution in [0.25, 0.3) is 0 Å². The van der Waals surface area contributed by atoms with E-state index in [0.29, 0.717) is 4.34 Å². The van der Waals surface area contributed by atoms with Gasteiger partial charge in [-0.1, -0.05) is 11.6 Å². The van der Waals surface area contributed by atoms with Crippen LogP contribution in [0.4, 0.5) is 0 Å². The van der Waals surface area contributed by atoms with Gasteiger partial charge in [0.25, 0.3) is 0 Å². The Morgan fingerprint density at radius 3 is 2.62 bits per heavy atom. The highest BCUT2D eigenvalue weighted by Gasteiger charge is 2.30. The molecular formula is C13H15ClN2O4S. The van der Waals surface area contributed by atoms with E-state index in [2.05, 4.69) is 5.32 Å². The fraction of sp³-hybridized carbons (Fsp3) is 0.462. The van der Waals surface area contributed by atoms with Gasteiger partial charge >= 0.3 is 0 Å². The number of carbonyl (C=O) groups is 3. The average Bonchev–Trinajstić information content (AvgIpc) is 3.00. The molecular weight excluding hydrogens is 316 g/mol. The van der Waals surface area contributed by atoms with Crippen LogP contribution in [0.1, 0.15) is 23.8 Å². The summed E-state index contributed by atoms with van der Waals surface area (Å²) in [4.78, 5) is 36.5. The zero-order valence-corrected chi connectivity index (χ0v) is 13.0. The molecule has 0 spiro atoms. The lowest BCUT2D eigenvalue weighted by Crippen LogP contribution is -2.41. The van der Waals surface area contributed by atoms with Gasteiger partial charge in [-0.25, -0.2) is 0 Å². The fourth-order valence-corrected chi connectivity index (χ4v) is 3.15. The lowest BCUT2D eigenvalue weighted by Gasteiger charge is -2.17. The monoisotopic (exact) mass is 330 g/mol. The third-order valence-corrected chi connectivity index (χ3v) is 4.46. The van der Waals surface area contributed by atoms with E-state index in [1.165, 1.54) is 18.4 Å². The number of rotatable bonds is 6. The molecule has 6 nitrogen and oxygen atoms in total. The van der Waals surface area contributed by atoms with E-state index in [9.17, 15) is 14.4 Å². The molecule has 1 unspecified atom stereocenters. The number of nitrogens with one attached hydrogen (secondary N) is 1. The molecule has 3 amide bonds. The van der Waals surface area contributed by atoms with Crippen molar-refractivity contribution in [2.45, 2.75) is 18.9 Å². The van der Waals surface area contributed by atoms with Crippen molar-refractivity contribution in [3.8, 4) is 0 Å². The zero-order chi connectivity index (χ0) is 15.4. The number of hydrogen-bond acceptors (Lipinski definition) is 5. The van der Waals surface area contributed by atoms with Gasteiger partial charge in [0.1, 0.15) is 12.6 Å². The van der Waals surface area contributed by atoms with Crippen molar-refractivity contribution in [3.63, 3.8) is 0 Å². The molecule has 1 aliphatic heterocycles. The Kier molecular flexibility index (Phi) is 5.33. The van der Waals surface area contributed by atoms with E-state index >= 15 is 0 Å². The highest BCUT2D eigenvalue weighted by Crippen LogP contribution is 2.28. The summed E-state index contributed by atoms with van der Waals surface area (Å²) >= 11 is 7.24. The first-order valence-corrected chi connectivity index (χ1v) is 7.58. The lowest BCUT2D eigenvalue weighted by molar-refractivity contribution is -0.142. The first kappa shape index (κ1) is 15.9. The number of amides is 3. The Hall–Kier alpha value is -1.44. The minimum absolute atomic E-state index is 0.181. The van der Waals surface area contributed by atoms with E-state index in [-0.39, 0.29) is 49.8 Å². The zero-order valence-electron chi connectivity index (χ0n) is 11.4. The van der Waals surface area contributed by atoms with Crippen molar-refractivity contribution in [1.82, 2.24) is 10.2 Å². The highest BCUT2D eigenvalue weighted by molar-refractivity contribution is 7.16. The number of imide groups is 1. The molecule has 0 saturated carbocycles. The molecule has 1 fully saturated rings. The highest BCUT2D eigenvalue weighted by atomic mass is 35.5. The predicted octanol–water partition coefficient (Wildman–Crippen LogP) is 1.35. The lowest BCUT2D eigenvalue weighted by atomic mass is 10.3. The Morgan fingerprint density at radius 1 is 1.43 bits per heavy atom. The largest absolute Gasteiger partial charge is 0.374 e. The quantitative estimate of drug-likeness (QED) is 0.799. The average molecular weight is 331 g/mol. The van der Waals surface area contributed by atoms with Gasteiger partial charge in [-0.05, 0) is 12.1 Å². The molecule has 0 radical (unpaired) electrons. The number of methoxy groups -OCH3 is 1. The van der Waals surface area contributed by atoms with Crippen LogP contribution in [0.15, 0.2) is 12.1 Å². The van der Waals surface area contributed by atoms with Crippen molar-refractivity contribution in [3.05, 3.63) is 21.3 Å². The van der Waals surface area contributed by atoms with E-state index in [1.807, 2.05) is 6.07 Å². The van der Waals surface area contributed by atoms with Gasteiger partial charge in [-0.3, -0.25) is 19.3 Å². The van der Waals surface area contributed by atoms with Gasteiger partial charge in [-0.2, -0.15) is 0 Å². The number of thiophene rings is 1. The van der Waals surface area contributed by atoms with Crippen molar-refractivity contribution in [2.75, 3.05) is 20.2 Å². The van der Waals surface area contributed by atoms with E-state index in [1.54, 1.807) is 6.07 Å². The normalized spacial score (nSPS) is 16.4. The van der Waals surface area contributed by atoms with Crippen LogP contribution in [0.2, 0.25) is 4.34 Å². The molecule has 0 bridgehead atoms. The van der Waals surface area contributed by atoms with E-state index < -0.39 is 0 Å². The number of hydrogen-bond donors (Lipinski definition) is 1. The summed E-state index contributed by atoms with van der Waals surface area (Å²) in [5.74, 6) is -0.990. The topological polar surface area (TPSA) is 75.7 Å². The molecule has 8 heteroatoms. The SMILES string of the molecule is COC(CNC(=O)CN1C(=O)CCC1=O)c1ccc(Cl)s1. The third-order valence-electron chi connectivity index (χ3n) is 3.14. The molecule has 1 aromatic rings. The molecule has 114 valence electrons. The number of halogens is 1. The molecule has 1 saturated heterocycles. The van der Waals surface area contributed by atoms with Crippen LogP contribution in [-0.4, -0.2) is 42.8 Å². The second kappa shape index (κ2) is 7.02. The van der Waals surface area contributed by atoms with Crippen LogP contribution >= 0.6 is 22.9 Å². The molecule has 0 aliphatic carbocycles. The van der Waals surface area contributed by atoms with E-state index in [4.69, 9.17) is 16.3 Å². The minimum Gasteiger partial charge on any atom is -0.374 e. The number of ether oxygens (including phenoxy) is 1. The molecule has 1 aromatic heterocycles. The molecule has 2 rings (SSSR count). The first-order valence-electron chi connectivity index (χ1n) is 6.39. The summed E-state index contributed by atoms with van der Waals surface area (Å²) in [6, 6.07) is 3.60. The molecule has 0 aromatic carbocycles. The second-order valence-electron chi connectivity index (χ2n) is 4.54. The molecule has 1 aliphatic rings. The molecule has 1 atom stereocenters. The van der Waals surface area contributed by atoms with Gasteiger partial charge in [0.15, 0.2) is 0 Å². The Morgan fingerprint density at radius 2 is 2.10 bits per heavy atom. The maximum atomic E-state index is 11.8. The molecule has 1 N–H and O–H groups in total. The summed E-state index contributed by atoms with van der Waals surface area (Å²) in [7, 11) is 1.54. The summed E-state index contributed by atoms with van der Waals surface area (Å²) in [5.41, 5.74) is 0. The van der Waals surface area contributed by atoms with Crippen molar-refractivity contribution in [2.24, 2.45) is 0 Å². The summed E-state index contributed by atoms with van der Waals surface area (Å²) in [6.45, 7) is 0.0156. The maximum Gasteiger partial charge on any atom is 0.240 e. The maximum absolute atomic E-state index is 11.8. The number of carbonyl (C=O) groups excluding carboxylic acids is 3. The Labute approximate surface area is 131 Å². The minimum atomic E-state index is -0.386. The van der Waals surface area contributed by atoms with Gasteiger partial charge in [0.2, 0.25) is 17.7 Å². The number of likely N-dealkylation sites (tertiary alicyclic amines) is 1. The molecule has 21 heavy (non-hydrogen) atoms. The van der Waals surface area contributed by atoms with Crippen LogP contribution < -0.4 is 5.32 Å². The van der Waals surface area contributed by atoms with Crippen molar-refractivity contribution < 1.29 is 19.1 Å². The van der Waals surface area contributed by atoms with Gasteiger partial charge in [-0.15, -0.1) is 11.3 Å². The van der Waals surface area contributed by atoms with Crippen molar-refractivity contribution >= 4 is 40.7 Å². The summed E-state index contributed by atoms with van der Waals surface area (Å²) in [6.07, 6.45) is 0.0533. The first-order chi connectivity index (χ1) is 10.0. The number of nitrogens with zero attached hydrogens (tertiary/aromatic N) is 1. The summed E-state index contributed by atoms with van der Waals surface area (Å²) < 4.78 is 5.95. The van der Waals surface area contributed by atoms with Gasteiger partial charge in [0.05, 0.1) is 4.34 Å². The van der Waals surface area contributed by atoms with Gasteiger partial charge < -0.3 is 10.1 Å². The van der Waals surface area contributed by atoms with Crippen LogP contribution in [0.5, 0.6) is 0 Å². The van der Waals surface area contributed by atoms with Crippen LogP contribution in [0.3, 0.4) is 0 Å². The van der Waals surface area contributed by atoms with Crippen LogP contribution in [-0.2, 0) is 19.1 Å². The van der Waals surface area contributed by atoms with E-state index in [0.717, 1.165) is 9.78 Å². The summed E-state index contributed by atoms with van der Waals surface area (Å²) in [5, 5.41) is 2.66. The van der Waals surface area contributed by atoms with Crippen molar-refractivity contribution in [1.29, 1.82) is 0 Å². The van der Waals surface area contributed by atoms with Crippen LogP contribution in [0, 0.1) is 0 Å².